The molecule has 0 saturated carbocycles. The summed E-state index contributed by atoms with van der Waals surface area (Å²) in [5.41, 5.74) is 0.612. The number of aliphatic hydroxyl groups excluding tert-OH is 1. The Hall–Kier alpha value is -2.12. The smallest absolute Gasteiger partial charge is 0.410 e. The number of hydrogen-bond donors (Lipinski definition) is 1. The minimum Gasteiger partial charge on any atom is -0.465 e. The van der Waals surface area contributed by atoms with Gasteiger partial charge in [0.15, 0.2) is 0 Å². The third kappa shape index (κ3) is 5.17. The highest BCUT2D eigenvalue weighted by Gasteiger charge is 2.28. The van der Waals surface area contributed by atoms with Gasteiger partial charge in [0.2, 0.25) is 0 Å². The average molecular weight is 350 g/mol. The number of nitrogens with zero attached hydrogens (tertiary/aromatic N) is 2. The highest BCUT2D eigenvalue weighted by Crippen LogP contribution is 2.21. The molecule has 1 aliphatic heterocycles. The first kappa shape index (κ1) is 19.2. The van der Waals surface area contributed by atoms with Gasteiger partial charge in [-0.15, -0.1) is 0 Å². The van der Waals surface area contributed by atoms with Gasteiger partial charge in [-0.05, 0) is 38.5 Å². The first-order valence-electron chi connectivity index (χ1n) is 8.29. The number of amides is 1. The fourth-order valence-corrected chi connectivity index (χ4v) is 2.60. The van der Waals surface area contributed by atoms with Crippen LogP contribution in [0.5, 0.6) is 0 Å². The van der Waals surface area contributed by atoms with Crippen molar-refractivity contribution in [2.24, 2.45) is 0 Å². The van der Waals surface area contributed by atoms with Gasteiger partial charge in [-0.1, -0.05) is 12.1 Å². The molecule has 7 heteroatoms. The molecule has 7 nitrogen and oxygen atoms in total. The number of ether oxygens (including phenoxy) is 2. The van der Waals surface area contributed by atoms with Crippen molar-refractivity contribution in [2.75, 3.05) is 33.3 Å². The maximum absolute atomic E-state index is 12.1. The van der Waals surface area contributed by atoms with Crippen LogP contribution in [0.2, 0.25) is 0 Å². The first-order chi connectivity index (χ1) is 11.7. The molecule has 1 saturated heterocycles. The highest BCUT2D eigenvalue weighted by molar-refractivity contribution is 5.89. The second kappa shape index (κ2) is 7.84. The van der Waals surface area contributed by atoms with Crippen molar-refractivity contribution in [3.05, 3.63) is 35.4 Å². The molecule has 1 aromatic rings. The number of rotatable bonds is 3. The van der Waals surface area contributed by atoms with E-state index in [0.29, 0.717) is 37.3 Å². The van der Waals surface area contributed by atoms with E-state index in [1.165, 1.54) is 7.11 Å². The van der Waals surface area contributed by atoms with Crippen LogP contribution in [0.1, 0.15) is 42.9 Å². The molecule has 0 aromatic heterocycles. The van der Waals surface area contributed by atoms with E-state index in [9.17, 15) is 14.7 Å². The molecule has 25 heavy (non-hydrogen) atoms. The summed E-state index contributed by atoms with van der Waals surface area (Å²) in [7, 11) is 1.33. The lowest BCUT2D eigenvalue weighted by Gasteiger charge is -2.37. The van der Waals surface area contributed by atoms with Crippen LogP contribution in [0.15, 0.2) is 24.3 Å². The summed E-state index contributed by atoms with van der Waals surface area (Å²) >= 11 is 0. The summed E-state index contributed by atoms with van der Waals surface area (Å²) in [6.45, 7) is 7.57. The Morgan fingerprint density at radius 2 is 1.64 bits per heavy atom. The second-order valence-electron chi connectivity index (χ2n) is 6.99. The topological polar surface area (TPSA) is 79.3 Å². The molecule has 0 radical (unpaired) electrons. The number of carbonyl (C=O) groups excluding carboxylic acids is 2. The van der Waals surface area contributed by atoms with Gasteiger partial charge in [0, 0.05) is 26.2 Å². The Balaban J connectivity index is 1.91. The molecule has 2 rings (SSSR count). The van der Waals surface area contributed by atoms with Crippen LogP contribution in [-0.4, -0.2) is 65.9 Å². The number of aliphatic hydroxyl groups is 1. The highest BCUT2D eigenvalue weighted by atomic mass is 16.6. The van der Waals surface area contributed by atoms with Crippen LogP contribution in [0.4, 0.5) is 4.79 Å². The molecule has 1 aromatic carbocycles. The van der Waals surface area contributed by atoms with E-state index in [1.54, 1.807) is 29.2 Å². The summed E-state index contributed by atoms with van der Waals surface area (Å²) < 4.78 is 10.0. The summed E-state index contributed by atoms with van der Waals surface area (Å²) in [6.07, 6.45) is -1.11. The zero-order valence-electron chi connectivity index (χ0n) is 15.2. The number of carbonyl (C=O) groups is 2. The lowest BCUT2D eigenvalue weighted by atomic mass is 10.1. The monoisotopic (exact) mass is 350 g/mol. The van der Waals surface area contributed by atoms with E-state index < -0.39 is 17.8 Å². The third-order valence-corrected chi connectivity index (χ3v) is 3.94. The zero-order valence-corrected chi connectivity index (χ0v) is 15.2. The molecule has 0 aliphatic carbocycles. The maximum atomic E-state index is 12.1. The second-order valence-corrected chi connectivity index (χ2v) is 6.99. The summed E-state index contributed by atoms with van der Waals surface area (Å²) in [5, 5.41) is 10.5. The van der Waals surface area contributed by atoms with E-state index in [-0.39, 0.29) is 6.09 Å². The Kier molecular flexibility index (Phi) is 6.02. The maximum Gasteiger partial charge on any atom is 0.410 e. The zero-order chi connectivity index (χ0) is 18.6. The van der Waals surface area contributed by atoms with Gasteiger partial charge in [-0.3, -0.25) is 4.90 Å². The lowest BCUT2D eigenvalue weighted by Crippen LogP contribution is -2.50. The molecule has 0 bridgehead atoms. The molecule has 1 heterocycles. The summed E-state index contributed by atoms with van der Waals surface area (Å²) in [6, 6.07) is 6.66. The summed E-state index contributed by atoms with van der Waals surface area (Å²) in [5.74, 6) is -0.410. The molecular weight excluding hydrogens is 324 g/mol. The molecule has 1 N–H and O–H groups in total. The van der Waals surface area contributed by atoms with Gasteiger partial charge in [0.25, 0.3) is 0 Å². The van der Waals surface area contributed by atoms with Crippen molar-refractivity contribution in [1.29, 1.82) is 0 Å². The van der Waals surface area contributed by atoms with Gasteiger partial charge >= 0.3 is 12.1 Å². The van der Waals surface area contributed by atoms with Gasteiger partial charge in [-0.25, -0.2) is 9.59 Å². The standard InChI is InChI=1S/C18H26N2O5/c1-18(2,3)25-17(23)20-11-9-19(10-12-20)15(21)13-5-7-14(8-6-13)16(22)24-4/h5-8,15,21H,9-12H2,1-4H3. The molecule has 138 valence electrons. The number of methoxy groups -OCH3 is 1. The Bertz CT molecular complexity index is 601. The van der Waals surface area contributed by atoms with Crippen molar-refractivity contribution in [1.82, 2.24) is 9.80 Å². The molecule has 1 amide bonds. The minimum atomic E-state index is -0.785. The number of esters is 1. The van der Waals surface area contributed by atoms with E-state index in [2.05, 4.69) is 4.74 Å². The van der Waals surface area contributed by atoms with E-state index in [1.807, 2.05) is 25.7 Å². The van der Waals surface area contributed by atoms with Crippen LogP contribution in [0, 0.1) is 0 Å². The number of hydrogen-bond acceptors (Lipinski definition) is 6. The Morgan fingerprint density at radius 1 is 1.08 bits per heavy atom. The van der Waals surface area contributed by atoms with Crippen molar-refractivity contribution in [3.8, 4) is 0 Å². The average Bonchev–Trinajstić information content (AvgIpc) is 2.59. The number of benzene rings is 1. The third-order valence-electron chi connectivity index (χ3n) is 3.94. The van der Waals surface area contributed by atoms with E-state index in [4.69, 9.17) is 4.74 Å². The quantitative estimate of drug-likeness (QED) is 0.840. The predicted molar refractivity (Wildman–Crippen MR) is 92.1 cm³/mol. The van der Waals surface area contributed by atoms with Crippen LogP contribution in [-0.2, 0) is 9.47 Å². The largest absolute Gasteiger partial charge is 0.465 e. The lowest BCUT2D eigenvalue weighted by molar-refractivity contribution is -0.0354. The van der Waals surface area contributed by atoms with Crippen molar-refractivity contribution in [3.63, 3.8) is 0 Å². The molecule has 1 aliphatic rings. The first-order valence-corrected chi connectivity index (χ1v) is 8.29. The van der Waals surface area contributed by atoms with Crippen molar-refractivity contribution >= 4 is 12.1 Å². The molecule has 1 unspecified atom stereocenters. The molecule has 0 spiro atoms. The Morgan fingerprint density at radius 3 is 2.12 bits per heavy atom. The molecule has 1 fully saturated rings. The molecule has 1 atom stereocenters. The van der Waals surface area contributed by atoms with Gasteiger partial charge in [-0.2, -0.15) is 0 Å². The molecular formula is C18H26N2O5. The van der Waals surface area contributed by atoms with Crippen LogP contribution in [0.3, 0.4) is 0 Å². The normalized spacial score (nSPS) is 17.1. The van der Waals surface area contributed by atoms with Crippen molar-refractivity contribution in [2.45, 2.75) is 32.6 Å². The van der Waals surface area contributed by atoms with Gasteiger partial charge in [0.05, 0.1) is 12.7 Å². The summed E-state index contributed by atoms with van der Waals surface area (Å²) in [4.78, 5) is 27.1. The van der Waals surface area contributed by atoms with E-state index in [0.717, 1.165) is 0 Å². The van der Waals surface area contributed by atoms with Crippen molar-refractivity contribution < 1.29 is 24.2 Å². The number of piperazine rings is 1. The van der Waals surface area contributed by atoms with E-state index >= 15 is 0 Å². The van der Waals surface area contributed by atoms with Crippen LogP contribution >= 0.6 is 0 Å². The fourth-order valence-electron chi connectivity index (χ4n) is 2.60. The van der Waals surface area contributed by atoms with Crippen LogP contribution in [0.25, 0.3) is 0 Å². The van der Waals surface area contributed by atoms with Crippen LogP contribution < -0.4 is 0 Å². The Labute approximate surface area is 148 Å². The fraction of sp³-hybridized carbons (Fsp3) is 0.556. The predicted octanol–water partition coefficient (Wildman–Crippen LogP) is 2.02. The van der Waals surface area contributed by atoms with Gasteiger partial charge < -0.3 is 19.5 Å². The minimum absolute atomic E-state index is 0.330. The van der Waals surface area contributed by atoms with Gasteiger partial charge in [0.1, 0.15) is 11.8 Å². The SMILES string of the molecule is COC(=O)c1ccc(C(O)N2CCN(C(=O)OC(C)(C)C)CC2)cc1.